The first-order valence-electron chi connectivity index (χ1n) is 7.27. The van der Waals surface area contributed by atoms with Gasteiger partial charge in [-0.1, -0.05) is 6.07 Å². The SMILES string of the molecule is CN(C)c1ccc(CNc2ccc([N+](=O)[O-])c(S(C)(=O)=O)c2)cc1F. The molecule has 7 nitrogen and oxygen atoms in total. The van der Waals surface area contributed by atoms with Crippen LogP contribution in [0.2, 0.25) is 0 Å². The summed E-state index contributed by atoms with van der Waals surface area (Å²) in [5.74, 6) is -0.371. The van der Waals surface area contributed by atoms with Crippen LogP contribution in [0.4, 0.5) is 21.5 Å². The molecule has 2 aromatic carbocycles. The minimum atomic E-state index is -3.75. The van der Waals surface area contributed by atoms with Crippen molar-refractivity contribution in [2.24, 2.45) is 0 Å². The van der Waals surface area contributed by atoms with Crippen LogP contribution in [0.25, 0.3) is 0 Å². The average molecular weight is 367 g/mol. The molecule has 0 unspecified atom stereocenters. The first kappa shape index (κ1) is 18.7. The molecule has 134 valence electrons. The summed E-state index contributed by atoms with van der Waals surface area (Å²) < 4.78 is 37.5. The first-order valence-corrected chi connectivity index (χ1v) is 9.17. The number of nitrogens with zero attached hydrogens (tertiary/aromatic N) is 2. The molecule has 0 radical (unpaired) electrons. The molecular weight excluding hydrogens is 349 g/mol. The van der Waals surface area contributed by atoms with Gasteiger partial charge in [0.15, 0.2) is 9.84 Å². The molecule has 2 aromatic rings. The smallest absolute Gasteiger partial charge is 0.288 e. The third-order valence-electron chi connectivity index (χ3n) is 3.55. The summed E-state index contributed by atoms with van der Waals surface area (Å²) in [4.78, 5) is 11.5. The minimum Gasteiger partial charge on any atom is -0.381 e. The predicted molar refractivity (Wildman–Crippen MR) is 94.3 cm³/mol. The van der Waals surface area contributed by atoms with Gasteiger partial charge < -0.3 is 10.2 Å². The number of sulfone groups is 1. The van der Waals surface area contributed by atoms with Gasteiger partial charge in [0, 0.05) is 38.6 Å². The molecule has 0 aliphatic rings. The summed E-state index contributed by atoms with van der Waals surface area (Å²) in [6, 6.07) is 8.52. The molecule has 9 heteroatoms. The lowest BCUT2D eigenvalue weighted by Gasteiger charge is -2.14. The monoisotopic (exact) mass is 367 g/mol. The van der Waals surface area contributed by atoms with Gasteiger partial charge in [-0.15, -0.1) is 0 Å². The van der Waals surface area contributed by atoms with E-state index in [0.29, 0.717) is 16.9 Å². The summed E-state index contributed by atoms with van der Waals surface area (Å²) in [6.07, 6.45) is 0.911. The van der Waals surface area contributed by atoms with Gasteiger partial charge in [0.1, 0.15) is 10.7 Å². The largest absolute Gasteiger partial charge is 0.381 e. The fourth-order valence-electron chi connectivity index (χ4n) is 2.30. The molecule has 0 atom stereocenters. The summed E-state index contributed by atoms with van der Waals surface area (Å²) in [5.41, 5.74) is 1.03. The van der Waals surface area contributed by atoms with E-state index in [1.807, 2.05) is 0 Å². The van der Waals surface area contributed by atoms with Crippen molar-refractivity contribution >= 4 is 26.9 Å². The topological polar surface area (TPSA) is 92.5 Å². The number of hydrogen-bond donors (Lipinski definition) is 1. The van der Waals surface area contributed by atoms with Crippen molar-refractivity contribution in [3.63, 3.8) is 0 Å². The van der Waals surface area contributed by atoms with Crippen LogP contribution >= 0.6 is 0 Å². The fourth-order valence-corrected chi connectivity index (χ4v) is 3.16. The zero-order chi connectivity index (χ0) is 18.8. The average Bonchev–Trinajstić information content (AvgIpc) is 2.51. The maximum absolute atomic E-state index is 14.0. The van der Waals surface area contributed by atoms with Crippen LogP contribution in [0.15, 0.2) is 41.3 Å². The fraction of sp³-hybridized carbons (Fsp3) is 0.250. The number of anilines is 2. The van der Waals surface area contributed by atoms with E-state index in [2.05, 4.69) is 5.32 Å². The van der Waals surface area contributed by atoms with Gasteiger partial charge in [-0.05, 0) is 29.8 Å². The van der Waals surface area contributed by atoms with Crippen molar-refractivity contribution in [2.75, 3.05) is 30.6 Å². The molecule has 0 aliphatic carbocycles. The maximum atomic E-state index is 14.0. The van der Waals surface area contributed by atoms with E-state index in [-0.39, 0.29) is 17.3 Å². The number of hydrogen-bond acceptors (Lipinski definition) is 6. The van der Waals surface area contributed by atoms with Crippen molar-refractivity contribution in [3.05, 3.63) is 57.9 Å². The van der Waals surface area contributed by atoms with E-state index in [1.54, 1.807) is 31.1 Å². The Morgan fingerprint density at radius 1 is 1.20 bits per heavy atom. The third-order valence-corrected chi connectivity index (χ3v) is 4.67. The second kappa shape index (κ2) is 7.06. The quantitative estimate of drug-likeness (QED) is 0.623. The van der Waals surface area contributed by atoms with Crippen LogP contribution in [0.1, 0.15) is 5.56 Å². The van der Waals surface area contributed by atoms with Crippen LogP contribution < -0.4 is 10.2 Å². The van der Waals surface area contributed by atoms with Gasteiger partial charge >= 0.3 is 0 Å². The Balaban J connectivity index is 2.24. The van der Waals surface area contributed by atoms with Crippen molar-refractivity contribution < 1.29 is 17.7 Å². The molecule has 1 N–H and O–H groups in total. The van der Waals surface area contributed by atoms with Gasteiger partial charge in [0.2, 0.25) is 0 Å². The van der Waals surface area contributed by atoms with Crippen LogP contribution in [-0.2, 0) is 16.4 Å². The highest BCUT2D eigenvalue weighted by atomic mass is 32.2. The molecular formula is C16H18FN3O4S. The number of nitrogens with one attached hydrogen (secondary N) is 1. The Bertz CT molecular complexity index is 914. The number of benzene rings is 2. The molecule has 0 saturated heterocycles. The minimum absolute atomic E-state index is 0.242. The van der Waals surface area contributed by atoms with Crippen molar-refractivity contribution in [1.82, 2.24) is 0 Å². The van der Waals surface area contributed by atoms with Crippen molar-refractivity contribution in [2.45, 2.75) is 11.4 Å². The molecule has 0 spiro atoms. The third kappa shape index (κ3) is 4.44. The van der Waals surface area contributed by atoms with E-state index in [4.69, 9.17) is 0 Å². The van der Waals surface area contributed by atoms with E-state index in [1.165, 1.54) is 18.2 Å². The second-order valence-corrected chi connectivity index (χ2v) is 7.73. The zero-order valence-corrected chi connectivity index (χ0v) is 14.8. The predicted octanol–water partition coefficient (Wildman–Crippen LogP) is 2.82. The van der Waals surface area contributed by atoms with Gasteiger partial charge in [-0.2, -0.15) is 0 Å². The van der Waals surface area contributed by atoms with Gasteiger partial charge in [-0.25, -0.2) is 12.8 Å². The lowest BCUT2D eigenvalue weighted by molar-refractivity contribution is -0.387. The zero-order valence-electron chi connectivity index (χ0n) is 14.0. The highest BCUT2D eigenvalue weighted by Crippen LogP contribution is 2.27. The Morgan fingerprint density at radius 2 is 1.88 bits per heavy atom. The Hall–Kier alpha value is -2.68. The molecule has 0 amide bonds. The van der Waals surface area contributed by atoms with Crippen LogP contribution in [0.3, 0.4) is 0 Å². The molecule has 0 bridgehead atoms. The lowest BCUT2D eigenvalue weighted by Crippen LogP contribution is -2.11. The number of halogens is 1. The number of nitro benzene ring substituents is 1. The Morgan fingerprint density at radius 3 is 2.40 bits per heavy atom. The molecule has 0 aliphatic heterocycles. The molecule has 0 fully saturated rings. The second-order valence-electron chi connectivity index (χ2n) is 5.75. The van der Waals surface area contributed by atoms with E-state index >= 15 is 0 Å². The standard InChI is InChI=1S/C16H18FN3O4S/c1-19(2)14-6-4-11(8-13(14)17)10-18-12-5-7-15(20(21)22)16(9-12)25(3,23)24/h4-9,18H,10H2,1-3H3. The molecule has 2 rings (SSSR count). The highest BCUT2D eigenvalue weighted by Gasteiger charge is 2.22. The van der Waals surface area contributed by atoms with Crippen LogP contribution in [-0.4, -0.2) is 33.7 Å². The van der Waals surface area contributed by atoms with Gasteiger partial charge in [0.05, 0.1) is 10.6 Å². The van der Waals surface area contributed by atoms with Crippen LogP contribution in [0.5, 0.6) is 0 Å². The van der Waals surface area contributed by atoms with E-state index in [0.717, 1.165) is 12.3 Å². The normalized spacial score (nSPS) is 11.2. The molecule has 0 aromatic heterocycles. The van der Waals surface area contributed by atoms with Crippen molar-refractivity contribution in [1.29, 1.82) is 0 Å². The number of rotatable bonds is 6. The molecule has 0 saturated carbocycles. The summed E-state index contributed by atoms with van der Waals surface area (Å²) >= 11 is 0. The summed E-state index contributed by atoms with van der Waals surface area (Å²) in [7, 11) is -0.281. The Labute approximate surface area is 145 Å². The molecule has 0 heterocycles. The summed E-state index contributed by atoms with van der Waals surface area (Å²) in [5, 5.41) is 13.9. The first-order chi connectivity index (χ1) is 11.6. The summed E-state index contributed by atoms with van der Waals surface area (Å²) in [6.45, 7) is 0.242. The highest BCUT2D eigenvalue weighted by molar-refractivity contribution is 7.90. The van der Waals surface area contributed by atoms with Crippen LogP contribution in [0, 0.1) is 15.9 Å². The maximum Gasteiger partial charge on any atom is 0.288 e. The van der Waals surface area contributed by atoms with E-state index in [9.17, 15) is 22.9 Å². The van der Waals surface area contributed by atoms with Gasteiger partial charge in [-0.3, -0.25) is 10.1 Å². The Kier molecular flexibility index (Phi) is 5.27. The van der Waals surface area contributed by atoms with Crippen molar-refractivity contribution in [3.8, 4) is 0 Å². The lowest BCUT2D eigenvalue weighted by atomic mass is 10.2. The van der Waals surface area contributed by atoms with Gasteiger partial charge in [0.25, 0.3) is 5.69 Å². The van der Waals surface area contributed by atoms with E-state index < -0.39 is 20.4 Å². The number of nitro groups is 1. The molecule has 25 heavy (non-hydrogen) atoms.